The number of hydrogen-bond acceptors (Lipinski definition) is 8. The van der Waals surface area contributed by atoms with E-state index in [4.69, 9.17) is 0 Å². The Morgan fingerprint density at radius 1 is 0.882 bits per heavy atom. The molecule has 0 radical (unpaired) electrons. The molecule has 2 heterocycles. The zero-order valence-electron chi connectivity index (χ0n) is 8.08. The maximum absolute atomic E-state index is 10.0. The molecular formula is C8H6FeO4S4. The van der Waals surface area contributed by atoms with Gasteiger partial charge in [0, 0.05) is 0 Å². The normalized spacial score (nSPS) is 24.7. The second-order valence-corrected chi connectivity index (χ2v) is 7.16. The maximum Gasteiger partial charge on any atom is 2.00 e. The topological polar surface area (TPSA) is 80.3 Å². The van der Waals surface area contributed by atoms with Crippen molar-refractivity contribution in [2.24, 2.45) is 0 Å². The molecule has 0 spiro atoms. The Bertz CT molecular complexity index is 301. The third-order valence-corrected chi connectivity index (χ3v) is 5.85. The molecule has 0 saturated carbocycles. The molecule has 0 fully saturated rings. The fourth-order valence-corrected chi connectivity index (χ4v) is 4.49. The molecule has 0 aliphatic carbocycles. The summed E-state index contributed by atoms with van der Waals surface area (Å²) in [6.07, 6.45) is 3.23. The quantitative estimate of drug-likeness (QED) is 0.510. The molecule has 2 atom stereocenters. The first-order valence-electron chi connectivity index (χ1n) is 4.00. The predicted molar refractivity (Wildman–Crippen MR) is 66.2 cm³/mol. The molecule has 17 heavy (non-hydrogen) atoms. The average molecular weight is 350 g/mol. The van der Waals surface area contributed by atoms with Crippen LogP contribution in [0.15, 0.2) is 23.0 Å². The fraction of sp³-hybridized carbons (Fsp3) is 0.250. The molecule has 94 valence electrons. The van der Waals surface area contributed by atoms with E-state index in [1.54, 1.807) is 23.0 Å². The van der Waals surface area contributed by atoms with Gasteiger partial charge in [-0.25, -0.2) is 0 Å². The van der Waals surface area contributed by atoms with Crippen molar-refractivity contribution in [3.8, 4) is 0 Å². The van der Waals surface area contributed by atoms with Gasteiger partial charge in [0.15, 0.2) is 0 Å². The number of hydrogen-bond donors (Lipinski definition) is 0. The van der Waals surface area contributed by atoms with E-state index >= 15 is 0 Å². The standard InChI is InChI=1S/2C4H4O2S2.Fe/c2*5-4(6)3-1-2-7-8-3;/h2*1-3H,(H,5,6);/q;;+2/p-2. The van der Waals surface area contributed by atoms with Gasteiger partial charge in [-0.05, 0) is 10.8 Å². The third-order valence-electron chi connectivity index (χ3n) is 1.40. The Hall–Kier alpha value is 0.339. The zero-order chi connectivity index (χ0) is 12.0. The average Bonchev–Trinajstić information content (AvgIpc) is 2.93. The number of carbonyl (C=O) groups is 2. The van der Waals surface area contributed by atoms with E-state index in [9.17, 15) is 19.8 Å². The molecule has 4 nitrogen and oxygen atoms in total. The van der Waals surface area contributed by atoms with Crippen LogP contribution in [-0.2, 0) is 26.7 Å². The Kier molecular flexibility index (Phi) is 9.48. The molecule has 0 N–H and O–H groups in total. The van der Waals surface area contributed by atoms with Crippen LogP contribution in [0.1, 0.15) is 0 Å². The van der Waals surface area contributed by atoms with Gasteiger partial charge in [-0.3, -0.25) is 0 Å². The monoisotopic (exact) mass is 350 g/mol. The second-order valence-electron chi connectivity index (χ2n) is 2.52. The van der Waals surface area contributed by atoms with Crippen molar-refractivity contribution in [3.63, 3.8) is 0 Å². The van der Waals surface area contributed by atoms with E-state index < -0.39 is 22.4 Å². The predicted octanol–water partition coefficient (Wildman–Crippen LogP) is 0.0247. The van der Waals surface area contributed by atoms with Crippen LogP contribution in [0, 0.1) is 0 Å². The van der Waals surface area contributed by atoms with Crippen LogP contribution in [-0.4, -0.2) is 22.4 Å². The minimum absolute atomic E-state index is 0. The summed E-state index contributed by atoms with van der Waals surface area (Å²) >= 11 is 0. The van der Waals surface area contributed by atoms with Crippen LogP contribution < -0.4 is 10.2 Å². The summed E-state index contributed by atoms with van der Waals surface area (Å²) in [6.45, 7) is 0. The van der Waals surface area contributed by atoms with Crippen LogP contribution in [0.25, 0.3) is 0 Å². The Morgan fingerprint density at radius 2 is 1.24 bits per heavy atom. The van der Waals surface area contributed by atoms with Crippen LogP contribution >= 0.6 is 43.2 Å². The van der Waals surface area contributed by atoms with Crippen molar-refractivity contribution in [2.45, 2.75) is 10.5 Å². The molecular weight excluding hydrogens is 344 g/mol. The van der Waals surface area contributed by atoms with Crippen molar-refractivity contribution >= 4 is 55.1 Å². The molecule has 2 rings (SSSR count). The first kappa shape index (κ1) is 17.3. The van der Waals surface area contributed by atoms with Crippen LogP contribution in [0.2, 0.25) is 0 Å². The number of carboxylic acids is 2. The second kappa shape index (κ2) is 9.29. The smallest absolute Gasteiger partial charge is 0.549 e. The SMILES string of the molecule is O=C([O-])C1C=CSS1.O=C([O-])C1C=CSS1.[Fe+2]. The Labute approximate surface area is 125 Å². The molecule has 0 saturated heterocycles. The van der Waals surface area contributed by atoms with Gasteiger partial charge in [-0.1, -0.05) is 55.3 Å². The van der Waals surface area contributed by atoms with Gasteiger partial charge in [0.05, 0.1) is 22.4 Å². The maximum atomic E-state index is 10.0. The Balaban J connectivity index is 0.000000284. The van der Waals surface area contributed by atoms with Crippen molar-refractivity contribution < 1.29 is 36.9 Å². The number of carbonyl (C=O) groups excluding carboxylic acids is 2. The molecule has 0 aromatic rings. The largest absolute Gasteiger partial charge is 2.00 e. The number of rotatable bonds is 2. The van der Waals surface area contributed by atoms with E-state index in [1.807, 2.05) is 0 Å². The van der Waals surface area contributed by atoms with E-state index in [-0.39, 0.29) is 17.1 Å². The molecule has 0 aromatic heterocycles. The third kappa shape index (κ3) is 6.73. The van der Waals surface area contributed by atoms with E-state index in [2.05, 4.69) is 0 Å². The van der Waals surface area contributed by atoms with E-state index in [0.29, 0.717) is 0 Å². The van der Waals surface area contributed by atoms with Gasteiger partial charge in [-0.15, -0.1) is 0 Å². The van der Waals surface area contributed by atoms with Crippen molar-refractivity contribution in [1.82, 2.24) is 0 Å². The van der Waals surface area contributed by atoms with Crippen LogP contribution in [0.3, 0.4) is 0 Å². The number of carboxylic acid groups (broad SMARTS) is 2. The van der Waals surface area contributed by atoms with Crippen molar-refractivity contribution in [3.05, 3.63) is 23.0 Å². The summed E-state index contributed by atoms with van der Waals surface area (Å²) in [4.78, 5) is 20.0. The van der Waals surface area contributed by atoms with Crippen molar-refractivity contribution in [1.29, 1.82) is 0 Å². The van der Waals surface area contributed by atoms with Gasteiger partial charge in [0.1, 0.15) is 0 Å². The first-order chi connectivity index (χ1) is 7.61. The summed E-state index contributed by atoms with van der Waals surface area (Å²) in [5.41, 5.74) is 0. The van der Waals surface area contributed by atoms with Gasteiger partial charge < -0.3 is 19.8 Å². The van der Waals surface area contributed by atoms with Crippen LogP contribution in [0.5, 0.6) is 0 Å². The van der Waals surface area contributed by atoms with E-state index in [0.717, 1.165) is 0 Å². The van der Waals surface area contributed by atoms with Gasteiger partial charge in [0.2, 0.25) is 0 Å². The van der Waals surface area contributed by atoms with Gasteiger partial charge >= 0.3 is 17.1 Å². The summed E-state index contributed by atoms with van der Waals surface area (Å²) in [6, 6.07) is 0. The summed E-state index contributed by atoms with van der Waals surface area (Å²) in [5, 5.41) is 22.7. The molecule has 0 bridgehead atoms. The molecule has 2 unspecified atom stereocenters. The molecule has 0 aromatic carbocycles. The van der Waals surface area contributed by atoms with Gasteiger partial charge in [0.25, 0.3) is 0 Å². The molecule has 0 amide bonds. The van der Waals surface area contributed by atoms with Gasteiger partial charge in [-0.2, -0.15) is 0 Å². The Morgan fingerprint density at radius 3 is 1.35 bits per heavy atom. The minimum Gasteiger partial charge on any atom is -0.549 e. The zero-order valence-corrected chi connectivity index (χ0v) is 12.5. The van der Waals surface area contributed by atoms with Crippen molar-refractivity contribution in [2.75, 3.05) is 0 Å². The molecule has 9 heteroatoms. The summed E-state index contributed by atoms with van der Waals surface area (Å²) in [7, 11) is 5.44. The van der Waals surface area contributed by atoms with E-state index in [1.165, 1.54) is 43.2 Å². The first-order valence-corrected chi connectivity index (χ1v) is 8.56. The molecule has 2 aliphatic heterocycles. The summed E-state index contributed by atoms with van der Waals surface area (Å²) < 4.78 is 0. The number of aliphatic carboxylic acids is 2. The minimum atomic E-state index is -1.00. The summed E-state index contributed by atoms with van der Waals surface area (Å²) in [5.74, 6) is -2.01. The fourth-order valence-electron chi connectivity index (χ4n) is 0.691. The molecule has 2 aliphatic rings. The van der Waals surface area contributed by atoms with Crippen LogP contribution in [0.4, 0.5) is 0 Å².